The third kappa shape index (κ3) is 3.53. The molecule has 0 aliphatic rings. The Balaban J connectivity index is 2.09. The Bertz CT molecular complexity index is 640. The van der Waals surface area contributed by atoms with Gasteiger partial charge in [0.25, 0.3) is 5.91 Å². The van der Waals surface area contributed by atoms with Crippen LogP contribution in [0.15, 0.2) is 48.0 Å². The fraction of sp³-hybridized carbons (Fsp3) is 0.143. The van der Waals surface area contributed by atoms with E-state index in [0.29, 0.717) is 12.1 Å². The summed E-state index contributed by atoms with van der Waals surface area (Å²) in [5, 5.41) is 11.4. The summed E-state index contributed by atoms with van der Waals surface area (Å²) in [4.78, 5) is 21.8. The van der Waals surface area contributed by atoms with Crippen LogP contribution < -0.4 is 5.73 Å². The second-order valence-electron chi connectivity index (χ2n) is 4.44. The normalized spacial score (nSPS) is 11.2. The van der Waals surface area contributed by atoms with Crippen LogP contribution in [0.3, 0.4) is 0 Å². The van der Waals surface area contributed by atoms with Crippen LogP contribution in [-0.4, -0.2) is 38.9 Å². The van der Waals surface area contributed by atoms with Crippen LogP contribution in [0.1, 0.15) is 21.6 Å². The average molecular weight is 285 g/mol. The van der Waals surface area contributed by atoms with Crippen molar-refractivity contribution in [1.29, 1.82) is 0 Å². The molecule has 0 radical (unpaired) electrons. The van der Waals surface area contributed by atoms with E-state index in [-0.39, 0.29) is 17.4 Å². The SMILES string of the molecule is CN(Cc1cccnc1)C(=O)c1ccc(C(N)=NO)cn1. The molecule has 21 heavy (non-hydrogen) atoms. The number of carbonyl (C=O) groups excluding carboxylic acids is 1. The molecule has 7 heteroatoms. The van der Waals surface area contributed by atoms with E-state index in [1.54, 1.807) is 30.4 Å². The molecule has 0 aromatic carbocycles. The van der Waals surface area contributed by atoms with Crippen molar-refractivity contribution < 1.29 is 10.0 Å². The van der Waals surface area contributed by atoms with Crippen LogP contribution in [0, 0.1) is 0 Å². The fourth-order valence-electron chi connectivity index (χ4n) is 1.76. The molecule has 0 saturated carbocycles. The lowest BCUT2D eigenvalue weighted by Gasteiger charge is -2.16. The zero-order chi connectivity index (χ0) is 15.2. The molecule has 0 aliphatic carbocycles. The number of hydrogen-bond acceptors (Lipinski definition) is 5. The first-order valence-corrected chi connectivity index (χ1v) is 6.20. The Hall–Kier alpha value is -2.96. The monoisotopic (exact) mass is 285 g/mol. The van der Waals surface area contributed by atoms with Crippen LogP contribution in [-0.2, 0) is 6.54 Å². The largest absolute Gasteiger partial charge is 0.409 e. The van der Waals surface area contributed by atoms with Crippen LogP contribution in [0.5, 0.6) is 0 Å². The highest BCUT2D eigenvalue weighted by molar-refractivity contribution is 5.98. The number of oxime groups is 1. The highest BCUT2D eigenvalue weighted by Crippen LogP contribution is 2.07. The number of amides is 1. The van der Waals surface area contributed by atoms with E-state index < -0.39 is 0 Å². The van der Waals surface area contributed by atoms with Gasteiger partial charge in [-0.25, -0.2) is 0 Å². The van der Waals surface area contributed by atoms with Crippen molar-refractivity contribution in [2.75, 3.05) is 7.05 Å². The number of amidine groups is 1. The van der Waals surface area contributed by atoms with E-state index in [4.69, 9.17) is 10.9 Å². The van der Waals surface area contributed by atoms with E-state index in [1.807, 2.05) is 12.1 Å². The third-order valence-corrected chi connectivity index (χ3v) is 2.88. The molecule has 1 amide bonds. The quantitative estimate of drug-likeness (QED) is 0.375. The van der Waals surface area contributed by atoms with Crippen molar-refractivity contribution in [3.05, 3.63) is 59.7 Å². The molecule has 2 aromatic heterocycles. The molecule has 0 spiro atoms. The molecule has 2 rings (SSSR count). The number of hydrogen-bond donors (Lipinski definition) is 2. The van der Waals surface area contributed by atoms with E-state index in [0.717, 1.165) is 5.56 Å². The van der Waals surface area contributed by atoms with Gasteiger partial charge in [0.15, 0.2) is 5.84 Å². The van der Waals surface area contributed by atoms with Crippen LogP contribution >= 0.6 is 0 Å². The zero-order valence-corrected chi connectivity index (χ0v) is 11.5. The molecule has 7 nitrogen and oxygen atoms in total. The van der Waals surface area contributed by atoms with Gasteiger partial charge in [0.05, 0.1) is 0 Å². The fourth-order valence-corrected chi connectivity index (χ4v) is 1.76. The molecule has 2 aromatic rings. The van der Waals surface area contributed by atoms with E-state index >= 15 is 0 Å². The Morgan fingerprint density at radius 1 is 1.38 bits per heavy atom. The molecule has 0 fully saturated rings. The molecule has 0 atom stereocenters. The molecular formula is C14H15N5O2. The predicted molar refractivity (Wildman–Crippen MR) is 76.8 cm³/mol. The van der Waals surface area contributed by atoms with Crippen molar-refractivity contribution in [3.63, 3.8) is 0 Å². The second kappa shape index (κ2) is 6.47. The maximum absolute atomic E-state index is 12.2. The van der Waals surface area contributed by atoms with Crippen LogP contribution in [0.25, 0.3) is 0 Å². The first-order valence-electron chi connectivity index (χ1n) is 6.20. The van der Waals surface area contributed by atoms with Crippen molar-refractivity contribution in [3.8, 4) is 0 Å². The molecule has 2 heterocycles. The molecule has 0 unspecified atom stereocenters. The topological polar surface area (TPSA) is 105 Å². The van der Waals surface area contributed by atoms with E-state index in [1.165, 1.54) is 12.3 Å². The number of nitrogens with two attached hydrogens (primary N) is 1. The van der Waals surface area contributed by atoms with Gasteiger partial charge in [0.2, 0.25) is 0 Å². The summed E-state index contributed by atoms with van der Waals surface area (Å²) >= 11 is 0. The lowest BCUT2D eigenvalue weighted by Crippen LogP contribution is -2.27. The molecule has 0 saturated heterocycles. The maximum atomic E-state index is 12.2. The number of nitrogens with zero attached hydrogens (tertiary/aromatic N) is 4. The maximum Gasteiger partial charge on any atom is 0.272 e. The average Bonchev–Trinajstić information content (AvgIpc) is 2.54. The first kappa shape index (κ1) is 14.4. The minimum absolute atomic E-state index is 0.0507. The summed E-state index contributed by atoms with van der Waals surface area (Å²) in [7, 11) is 1.69. The van der Waals surface area contributed by atoms with Gasteiger partial charge in [-0.1, -0.05) is 11.2 Å². The molecule has 3 N–H and O–H groups in total. The van der Waals surface area contributed by atoms with Crippen LogP contribution in [0.4, 0.5) is 0 Å². The van der Waals surface area contributed by atoms with Gasteiger partial charge in [0.1, 0.15) is 5.69 Å². The van der Waals surface area contributed by atoms with Gasteiger partial charge in [0, 0.05) is 37.7 Å². The van der Waals surface area contributed by atoms with E-state index in [2.05, 4.69) is 15.1 Å². The van der Waals surface area contributed by atoms with Gasteiger partial charge in [-0.05, 0) is 23.8 Å². The molecule has 108 valence electrons. The lowest BCUT2D eigenvalue weighted by atomic mass is 10.2. The minimum Gasteiger partial charge on any atom is -0.409 e. The first-order chi connectivity index (χ1) is 10.1. The summed E-state index contributed by atoms with van der Waals surface area (Å²) in [6.07, 6.45) is 4.78. The zero-order valence-electron chi connectivity index (χ0n) is 11.5. The summed E-state index contributed by atoms with van der Waals surface area (Å²) in [6.45, 7) is 0.441. The van der Waals surface area contributed by atoms with Gasteiger partial charge < -0.3 is 15.8 Å². The predicted octanol–water partition coefficient (Wildman–Crippen LogP) is 0.843. The molecular weight excluding hydrogens is 270 g/mol. The Morgan fingerprint density at radius 2 is 2.19 bits per heavy atom. The highest BCUT2D eigenvalue weighted by Gasteiger charge is 2.14. The number of carbonyl (C=O) groups is 1. The molecule has 0 bridgehead atoms. The lowest BCUT2D eigenvalue weighted by molar-refractivity contribution is 0.0779. The van der Waals surface area contributed by atoms with Crippen molar-refractivity contribution in [2.45, 2.75) is 6.54 Å². The number of aromatic nitrogens is 2. The summed E-state index contributed by atoms with van der Waals surface area (Å²) < 4.78 is 0. The summed E-state index contributed by atoms with van der Waals surface area (Å²) in [6, 6.07) is 6.83. The minimum atomic E-state index is -0.218. The Kier molecular flexibility index (Phi) is 4.45. The van der Waals surface area contributed by atoms with Gasteiger partial charge in [-0.3, -0.25) is 14.8 Å². The van der Waals surface area contributed by atoms with Crippen molar-refractivity contribution in [1.82, 2.24) is 14.9 Å². The summed E-state index contributed by atoms with van der Waals surface area (Å²) in [5.41, 5.74) is 7.11. The highest BCUT2D eigenvalue weighted by atomic mass is 16.4. The van der Waals surface area contributed by atoms with Crippen molar-refractivity contribution in [2.24, 2.45) is 10.9 Å². The third-order valence-electron chi connectivity index (χ3n) is 2.88. The standard InChI is InChI=1S/C14H15N5O2/c1-19(9-10-3-2-6-16-7-10)14(20)12-5-4-11(8-17-12)13(15)18-21/h2-8,21H,9H2,1H3,(H2,15,18). The Labute approximate surface area is 121 Å². The van der Waals surface area contributed by atoms with Crippen LogP contribution in [0.2, 0.25) is 0 Å². The van der Waals surface area contributed by atoms with Gasteiger partial charge in [-0.15, -0.1) is 0 Å². The van der Waals surface area contributed by atoms with E-state index in [9.17, 15) is 4.79 Å². The number of rotatable bonds is 4. The number of pyridine rings is 2. The van der Waals surface area contributed by atoms with Gasteiger partial charge in [-0.2, -0.15) is 0 Å². The van der Waals surface area contributed by atoms with Crippen molar-refractivity contribution >= 4 is 11.7 Å². The van der Waals surface area contributed by atoms with Gasteiger partial charge >= 0.3 is 0 Å². The second-order valence-corrected chi connectivity index (χ2v) is 4.44. The Morgan fingerprint density at radius 3 is 2.76 bits per heavy atom. The smallest absolute Gasteiger partial charge is 0.272 e. The summed E-state index contributed by atoms with van der Waals surface area (Å²) in [5.74, 6) is -0.268. The molecule has 0 aliphatic heterocycles.